The fourth-order valence-corrected chi connectivity index (χ4v) is 2.59. The van der Waals surface area contributed by atoms with Gasteiger partial charge in [0.05, 0.1) is 32.2 Å². The first kappa shape index (κ1) is 18.7. The van der Waals surface area contributed by atoms with E-state index in [1.807, 2.05) is 0 Å². The number of alkyl halides is 3. The molecule has 6 nitrogen and oxygen atoms in total. The number of nitrogens with zero attached hydrogens (tertiary/aromatic N) is 3. The minimum Gasteiger partial charge on any atom is -0.497 e. The number of hydrogen-bond donors (Lipinski definition) is 0. The summed E-state index contributed by atoms with van der Waals surface area (Å²) < 4.78 is 51.1. The van der Waals surface area contributed by atoms with Crippen LogP contribution in [-0.2, 0) is 17.5 Å². The van der Waals surface area contributed by atoms with E-state index in [0.29, 0.717) is 11.8 Å². The monoisotopic (exact) mass is 379 g/mol. The Labute approximate surface area is 152 Å². The molecule has 3 rings (SSSR count). The molecule has 0 spiro atoms. The molecule has 1 aromatic carbocycles. The predicted molar refractivity (Wildman–Crippen MR) is 90.6 cm³/mol. The van der Waals surface area contributed by atoms with Crippen molar-refractivity contribution in [1.29, 1.82) is 0 Å². The van der Waals surface area contributed by atoms with Gasteiger partial charge in [0.1, 0.15) is 17.0 Å². The first-order valence-electron chi connectivity index (χ1n) is 8.06. The van der Waals surface area contributed by atoms with Crippen molar-refractivity contribution in [1.82, 2.24) is 14.5 Å². The van der Waals surface area contributed by atoms with Crippen LogP contribution >= 0.6 is 0 Å². The zero-order valence-electron chi connectivity index (χ0n) is 14.6. The molecular formula is C18H16F3N3O3. The highest BCUT2D eigenvalue weighted by Crippen LogP contribution is 2.31. The lowest BCUT2D eigenvalue weighted by atomic mass is 10.2. The van der Waals surface area contributed by atoms with Gasteiger partial charge in [-0.25, -0.2) is 14.8 Å². The molecule has 0 atom stereocenters. The van der Waals surface area contributed by atoms with Gasteiger partial charge in [-0.2, -0.15) is 13.2 Å². The van der Waals surface area contributed by atoms with Crippen molar-refractivity contribution in [2.45, 2.75) is 19.6 Å². The van der Waals surface area contributed by atoms with Crippen LogP contribution in [0.15, 0.2) is 36.7 Å². The Balaban J connectivity index is 2.08. The van der Waals surface area contributed by atoms with Crippen LogP contribution in [0, 0.1) is 0 Å². The molecule has 0 aliphatic carbocycles. The number of carbonyl (C=O) groups excluding carboxylic acids is 1. The zero-order chi connectivity index (χ0) is 19.6. The molecule has 3 aromatic rings. The van der Waals surface area contributed by atoms with E-state index in [-0.39, 0.29) is 29.9 Å². The summed E-state index contributed by atoms with van der Waals surface area (Å²) >= 11 is 0. The molecule has 0 radical (unpaired) electrons. The molecule has 0 bridgehead atoms. The van der Waals surface area contributed by atoms with Gasteiger partial charge in [0.25, 0.3) is 0 Å². The Kier molecular flexibility index (Phi) is 5.02. The molecule has 0 unspecified atom stereocenters. The Morgan fingerprint density at radius 1 is 1.22 bits per heavy atom. The van der Waals surface area contributed by atoms with E-state index in [1.165, 1.54) is 18.0 Å². The summed E-state index contributed by atoms with van der Waals surface area (Å²) in [6, 6.07) is 7.72. The van der Waals surface area contributed by atoms with Crippen molar-refractivity contribution >= 4 is 17.1 Å². The third-order valence-electron chi connectivity index (χ3n) is 3.87. The van der Waals surface area contributed by atoms with E-state index in [9.17, 15) is 18.0 Å². The maximum atomic E-state index is 13.2. The van der Waals surface area contributed by atoms with Crippen LogP contribution in [0.5, 0.6) is 5.75 Å². The van der Waals surface area contributed by atoms with E-state index in [2.05, 4.69) is 9.97 Å². The van der Waals surface area contributed by atoms with Crippen molar-refractivity contribution in [3.8, 4) is 5.75 Å². The Bertz CT molecular complexity index is 966. The van der Waals surface area contributed by atoms with E-state index < -0.39 is 17.8 Å². The molecule has 0 amide bonds. The number of rotatable bonds is 5. The number of esters is 1. The van der Waals surface area contributed by atoms with Gasteiger partial charge in [0.15, 0.2) is 5.65 Å². The number of benzene rings is 1. The summed E-state index contributed by atoms with van der Waals surface area (Å²) in [5.74, 6) is -0.207. The maximum absolute atomic E-state index is 13.2. The number of pyridine rings is 1. The number of methoxy groups -OCH3 is 1. The normalized spacial score (nSPS) is 11.6. The van der Waals surface area contributed by atoms with Crippen LogP contribution in [0.25, 0.3) is 11.2 Å². The van der Waals surface area contributed by atoms with E-state index in [0.717, 1.165) is 5.56 Å². The first-order valence-corrected chi connectivity index (χ1v) is 8.06. The smallest absolute Gasteiger partial charge is 0.433 e. The lowest BCUT2D eigenvalue weighted by molar-refractivity contribution is -0.141. The Morgan fingerprint density at radius 2 is 1.93 bits per heavy atom. The number of fused-ring (bicyclic) bond motifs is 1. The molecule has 142 valence electrons. The van der Waals surface area contributed by atoms with Gasteiger partial charge in [-0.3, -0.25) is 0 Å². The van der Waals surface area contributed by atoms with Crippen molar-refractivity contribution < 1.29 is 27.4 Å². The third kappa shape index (κ3) is 3.86. The minimum absolute atomic E-state index is 0.0382. The van der Waals surface area contributed by atoms with Gasteiger partial charge in [-0.15, -0.1) is 0 Å². The molecule has 0 fully saturated rings. The average Bonchev–Trinajstić information content (AvgIpc) is 3.04. The number of aromatic nitrogens is 3. The summed E-state index contributed by atoms with van der Waals surface area (Å²) in [5, 5.41) is 0. The molecule has 0 aliphatic rings. The topological polar surface area (TPSA) is 66.2 Å². The molecule has 2 heterocycles. The van der Waals surface area contributed by atoms with Gasteiger partial charge in [0, 0.05) is 0 Å². The van der Waals surface area contributed by atoms with Crippen LogP contribution in [-0.4, -0.2) is 34.2 Å². The lowest BCUT2D eigenvalue weighted by Gasteiger charge is -2.10. The molecule has 0 N–H and O–H groups in total. The summed E-state index contributed by atoms with van der Waals surface area (Å²) in [4.78, 5) is 19.9. The van der Waals surface area contributed by atoms with Crippen molar-refractivity contribution in [3.63, 3.8) is 0 Å². The van der Waals surface area contributed by atoms with E-state index in [4.69, 9.17) is 9.47 Å². The van der Waals surface area contributed by atoms with Crippen LogP contribution in [0.1, 0.15) is 28.5 Å². The molecule has 27 heavy (non-hydrogen) atoms. The highest BCUT2D eigenvalue weighted by Gasteiger charge is 2.35. The molecule has 2 aromatic heterocycles. The molecule has 0 saturated heterocycles. The van der Waals surface area contributed by atoms with E-state index >= 15 is 0 Å². The quantitative estimate of drug-likeness (QED) is 0.633. The Hall–Kier alpha value is -3.10. The standard InChI is InChI=1S/C18H16F3N3O3/c1-3-27-17(25)13-8-14(18(19,20)21)23-16-15(13)22-10-24(16)9-11-4-6-12(26-2)7-5-11/h4-8,10H,3,9H2,1-2H3. The van der Waals surface area contributed by atoms with Crippen LogP contribution < -0.4 is 4.74 Å². The Morgan fingerprint density at radius 3 is 2.52 bits per heavy atom. The zero-order valence-corrected chi connectivity index (χ0v) is 14.6. The van der Waals surface area contributed by atoms with Gasteiger partial charge >= 0.3 is 12.1 Å². The van der Waals surface area contributed by atoms with Gasteiger partial charge in [0.2, 0.25) is 0 Å². The number of carbonyl (C=O) groups is 1. The molecule has 0 aliphatic heterocycles. The summed E-state index contributed by atoms with van der Waals surface area (Å²) in [6.07, 6.45) is -3.35. The largest absolute Gasteiger partial charge is 0.497 e. The second kappa shape index (κ2) is 7.26. The van der Waals surface area contributed by atoms with Crippen LogP contribution in [0.2, 0.25) is 0 Å². The fraction of sp³-hybridized carbons (Fsp3) is 0.278. The third-order valence-corrected chi connectivity index (χ3v) is 3.87. The summed E-state index contributed by atoms with van der Waals surface area (Å²) in [5.41, 5.74) is -0.595. The fourth-order valence-electron chi connectivity index (χ4n) is 2.59. The van der Waals surface area contributed by atoms with Crippen LogP contribution in [0.3, 0.4) is 0 Å². The number of hydrogen-bond acceptors (Lipinski definition) is 5. The summed E-state index contributed by atoms with van der Waals surface area (Å²) in [6.45, 7) is 1.84. The molecular weight excluding hydrogens is 363 g/mol. The van der Waals surface area contributed by atoms with Gasteiger partial charge in [-0.05, 0) is 30.7 Å². The van der Waals surface area contributed by atoms with Crippen molar-refractivity contribution in [2.24, 2.45) is 0 Å². The van der Waals surface area contributed by atoms with Crippen molar-refractivity contribution in [2.75, 3.05) is 13.7 Å². The number of ether oxygens (including phenoxy) is 2. The second-order valence-electron chi connectivity index (χ2n) is 5.67. The number of halogens is 3. The SMILES string of the molecule is CCOC(=O)c1cc(C(F)(F)F)nc2c1ncn2Cc1ccc(OC)cc1. The van der Waals surface area contributed by atoms with Gasteiger partial charge < -0.3 is 14.0 Å². The maximum Gasteiger partial charge on any atom is 0.433 e. The number of imidazole rings is 1. The minimum atomic E-state index is -4.70. The van der Waals surface area contributed by atoms with Crippen molar-refractivity contribution in [3.05, 3.63) is 53.5 Å². The van der Waals surface area contributed by atoms with Crippen LogP contribution in [0.4, 0.5) is 13.2 Å². The predicted octanol–water partition coefficient (Wildman–Crippen LogP) is 3.68. The lowest BCUT2D eigenvalue weighted by Crippen LogP contribution is -2.13. The van der Waals surface area contributed by atoms with E-state index in [1.54, 1.807) is 31.2 Å². The molecule has 0 saturated carbocycles. The van der Waals surface area contributed by atoms with Gasteiger partial charge in [-0.1, -0.05) is 12.1 Å². The highest BCUT2D eigenvalue weighted by molar-refractivity contribution is 6.01. The molecule has 9 heteroatoms. The second-order valence-corrected chi connectivity index (χ2v) is 5.67. The highest BCUT2D eigenvalue weighted by atomic mass is 19.4. The summed E-state index contributed by atoms with van der Waals surface area (Å²) in [7, 11) is 1.54. The first-order chi connectivity index (χ1) is 12.8. The average molecular weight is 379 g/mol.